The second kappa shape index (κ2) is 7.69. The number of esters is 1. The Kier molecular flexibility index (Phi) is 5.63. The lowest BCUT2D eigenvalue weighted by Crippen LogP contribution is -2.31. The van der Waals surface area contributed by atoms with E-state index in [0.717, 1.165) is 0 Å². The van der Waals surface area contributed by atoms with E-state index in [0.29, 0.717) is 11.6 Å². The van der Waals surface area contributed by atoms with E-state index in [1.165, 1.54) is 32.2 Å². The third-order valence-corrected chi connectivity index (χ3v) is 3.49. The van der Waals surface area contributed by atoms with Crippen molar-refractivity contribution in [3.05, 3.63) is 36.0 Å². The number of phenolic OH excluding ortho intramolecular Hbond substituents is 1. The van der Waals surface area contributed by atoms with Crippen molar-refractivity contribution in [3.8, 4) is 11.5 Å². The highest BCUT2D eigenvalue weighted by molar-refractivity contribution is 5.98. The molecule has 0 bridgehead atoms. The predicted molar refractivity (Wildman–Crippen MR) is 90.8 cm³/mol. The number of nitrogens with one attached hydrogen (secondary N) is 1. The summed E-state index contributed by atoms with van der Waals surface area (Å²) in [4.78, 5) is 24.4. The van der Waals surface area contributed by atoms with Gasteiger partial charge in [0.15, 0.2) is 6.10 Å². The van der Waals surface area contributed by atoms with Gasteiger partial charge in [-0.15, -0.1) is 0 Å². The van der Waals surface area contributed by atoms with Crippen molar-refractivity contribution in [2.45, 2.75) is 32.9 Å². The molecule has 1 heterocycles. The SMILES string of the molecule is COc1ccc(C(=O)O[C@@H](C)C(=O)Nc2ccnn2C(C)C)c(O)c1. The fourth-order valence-corrected chi connectivity index (χ4v) is 2.14. The third-order valence-electron chi connectivity index (χ3n) is 3.49. The van der Waals surface area contributed by atoms with Gasteiger partial charge in [0.1, 0.15) is 22.9 Å². The zero-order chi connectivity index (χ0) is 18.6. The molecule has 0 spiro atoms. The van der Waals surface area contributed by atoms with Gasteiger partial charge in [-0.3, -0.25) is 4.79 Å². The van der Waals surface area contributed by atoms with Crippen LogP contribution < -0.4 is 10.1 Å². The molecule has 8 heteroatoms. The molecule has 2 N–H and O–H groups in total. The molecule has 2 aromatic rings. The summed E-state index contributed by atoms with van der Waals surface area (Å²) in [5.41, 5.74) is -0.0485. The molecule has 0 aliphatic carbocycles. The molecule has 25 heavy (non-hydrogen) atoms. The second-order valence-corrected chi connectivity index (χ2v) is 5.67. The summed E-state index contributed by atoms with van der Waals surface area (Å²) in [5, 5.41) is 16.6. The predicted octanol–water partition coefficient (Wildman–Crippen LogP) is 2.36. The number of hydrogen-bond acceptors (Lipinski definition) is 6. The molecule has 0 saturated heterocycles. The average molecular weight is 347 g/mol. The Morgan fingerprint density at radius 3 is 2.56 bits per heavy atom. The Labute approximate surface area is 145 Å². The summed E-state index contributed by atoms with van der Waals surface area (Å²) in [6.07, 6.45) is 0.520. The van der Waals surface area contributed by atoms with Crippen LogP contribution in [-0.4, -0.2) is 40.0 Å². The smallest absolute Gasteiger partial charge is 0.342 e. The number of aromatic nitrogens is 2. The van der Waals surface area contributed by atoms with Crippen molar-refractivity contribution in [1.82, 2.24) is 9.78 Å². The highest BCUT2D eigenvalue weighted by Gasteiger charge is 2.22. The topological polar surface area (TPSA) is 103 Å². The average Bonchev–Trinajstić information content (AvgIpc) is 3.02. The number of aromatic hydroxyl groups is 1. The second-order valence-electron chi connectivity index (χ2n) is 5.67. The molecule has 1 aromatic heterocycles. The lowest BCUT2D eigenvalue weighted by atomic mass is 10.2. The molecule has 0 aliphatic heterocycles. The van der Waals surface area contributed by atoms with Gasteiger partial charge in [0.25, 0.3) is 5.91 Å². The number of benzene rings is 1. The first-order valence-electron chi connectivity index (χ1n) is 7.75. The highest BCUT2D eigenvalue weighted by atomic mass is 16.5. The maximum absolute atomic E-state index is 12.2. The largest absolute Gasteiger partial charge is 0.507 e. The summed E-state index contributed by atoms with van der Waals surface area (Å²) in [6.45, 7) is 5.31. The van der Waals surface area contributed by atoms with Crippen LogP contribution in [0, 0.1) is 0 Å². The van der Waals surface area contributed by atoms with Gasteiger partial charge in [-0.05, 0) is 32.9 Å². The molecular formula is C17H21N3O5. The van der Waals surface area contributed by atoms with Gasteiger partial charge in [-0.25, -0.2) is 9.48 Å². The normalized spacial score (nSPS) is 11.9. The fraction of sp³-hybridized carbons (Fsp3) is 0.353. The quantitative estimate of drug-likeness (QED) is 0.778. The number of phenols is 1. The molecule has 1 atom stereocenters. The first-order valence-corrected chi connectivity index (χ1v) is 7.75. The fourth-order valence-electron chi connectivity index (χ4n) is 2.14. The van der Waals surface area contributed by atoms with Crippen LogP contribution in [-0.2, 0) is 9.53 Å². The number of carbonyl (C=O) groups is 2. The van der Waals surface area contributed by atoms with Crippen LogP contribution in [0.25, 0.3) is 0 Å². The zero-order valence-corrected chi connectivity index (χ0v) is 14.5. The first kappa shape index (κ1) is 18.3. The van der Waals surface area contributed by atoms with Crippen molar-refractivity contribution in [2.75, 3.05) is 12.4 Å². The first-order chi connectivity index (χ1) is 11.8. The van der Waals surface area contributed by atoms with E-state index >= 15 is 0 Å². The van der Waals surface area contributed by atoms with Gasteiger partial charge in [0, 0.05) is 18.2 Å². The summed E-state index contributed by atoms with van der Waals surface area (Å²) in [7, 11) is 1.45. The van der Waals surface area contributed by atoms with E-state index in [1.807, 2.05) is 13.8 Å². The number of methoxy groups -OCH3 is 1. The van der Waals surface area contributed by atoms with Crippen LogP contribution in [0.4, 0.5) is 5.82 Å². The van der Waals surface area contributed by atoms with Crippen molar-refractivity contribution in [1.29, 1.82) is 0 Å². The minimum atomic E-state index is -1.05. The van der Waals surface area contributed by atoms with E-state index in [-0.39, 0.29) is 17.4 Å². The van der Waals surface area contributed by atoms with Crippen LogP contribution in [0.5, 0.6) is 11.5 Å². The Hall–Kier alpha value is -3.03. The maximum atomic E-state index is 12.2. The highest BCUT2D eigenvalue weighted by Crippen LogP contribution is 2.24. The van der Waals surface area contributed by atoms with Gasteiger partial charge >= 0.3 is 5.97 Å². The van der Waals surface area contributed by atoms with Gasteiger partial charge in [0.2, 0.25) is 0 Å². The van der Waals surface area contributed by atoms with E-state index in [4.69, 9.17) is 9.47 Å². The Morgan fingerprint density at radius 1 is 1.24 bits per heavy atom. The molecule has 0 aliphatic rings. The maximum Gasteiger partial charge on any atom is 0.342 e. The van der Waals surface area contributed by atoms with Gasteiger partial charge in [-0.1, -0.05) is 0 Å². The summed E-state index contributed by atoms with van der Waals surface area (Å²) in [6, 6.07) is 5.90. The zero-order valence-electron chi connectivity index (χ0n) is 14.5. The number of rotatable bonds is 6. The summed E-state index contributed by atoms with van der Waals surface area (Å²) >= 11 is 0. The lowest BCUT2D eigenvalue weighted by Gasteiger charge is -2.16. The Morgan fingerprint density at radius 2 is 1.96 bits per heavy atom. The molecule has 0 saturated carbocycles. The number of anilines is 1. The molecular weight excluding hydrogens is 326 g/mol. The van der Waals surface area contributed by atoms with Crippen molar-refractivity contribution >= 4 is 17.7 Å². The number of hydrogen-bond donors (Lipinski definition) is 2. The number of nitrogens with zero attached hydrogens (tertiary/aromatic N) is 2. The molecule has 0 unspecified atom stereocenters. The molecule has 8 nitrogen and oxygen atoms in total. The van der Waals surface area contributed by atoms with Gasteiger partial charge in [-0.2, -0.15) is 5.10 Å². The van der Waals surface area contributed by atoms with Crippen LogP contribution in [0.1, 0.15) is 37.2 Å². The van der Waals surface area contributed by atoms with E-state index in [2.05, 4.69) is 10.4 Å². The van der Waals surface area contributed by atoms with E-state index in [9.17, 15) is 14.7 Å². The standard InChI is InChI=1S/C17H21N3O5/c1-10(2)20-15(7-8-18-20)19-16(22)11(3)25-17(23)13-6-5-12(24-4)9-14(13)21/h5-11,21H,1-4H3,(H,19,22)/t11-/m0/s1. The van der Waals surface area contributed by atoms with Gasteiger partial charge in [0.05, 0.1) is 13.3 Å². The van der Waals surface area contributed by atoms with Crippen LogP contribution in [0.2, 0.25) is 0 Å². The number of ether oxygens (including phenoxy) is 2. The lowest BCUT2D eigenvalue weighted by molar-refractivity contribution is -0.123. The molecule has 134 valence electrons. The van der Waals surface area contributed by atoms with Crippen LogP contribution in [0.15, 0.2) is 30.5 Å². The monoisotopic (exact) mass is 347 g/mol. The Bertz CT molecular complexity index is 769. The summed E-state index contributed by atoms with van der Waals surface area (Å²) in [5.74, 6) is -0.671. The Balaban J connectivity index is 2.03. The molecule has 0 fully saturated rings. The molecule has 0 radical (unpaired) electrons. The van der Waals surface area contributed by atoms with E-state index in [1.54, 1.807) is 16.9 Å². The summed E-state index contributed by atoms with van der Waals surface area (Å²) < 4.78 is 11.7. The number of carbonyl (C=O) groups excluding carboxylic acids is 2. The third kappa shape index (κ3) is 4.28. The van der Waals surface area contributed by atoms with Gasteiger partial charge < -0.3 is 19.9 Å². The number of amides is 1. The minimum Gasteiger partial charge on any atom is -0.507 e. The van der Waals surface area contributed by atoms with Crippen molar-refractivity contribution < 1.29 is 24.2 Å². The minimum absolute atomic E-state index is 0.0485. The molecule has 1 aromatic carbocycles. The molecule has 2 rings (SSSR count). The van der Waals surface area contributed by atoms with Crippen molar-refractivity contribution in [2.24, 2.45) is 0 Å². The van der Waals surface area contributed by atoms with E-state index < -0.39 is 18.0 Å². The molecule has 1 amide bonds. The van der Waals surface area contributed by atoms with Crippen LogP contribution in [0.3, 0.4) is 0 Å². The van der Waals surface area contributed by atoms with Crippen LogP contribution >= 0.6 is 0 Å². The van der Waals surface area contributed by atoms with Crippen molar-refractivity contribution in [3.63, 3.8) is 0 Å².